The summed E-state index contributed by atoms with van der Waals surface area (Å²) in [4.78, 5) is 11.3. The number of hydrogen-bond donors (Lipinski definition) is 4. The summed E-state index contributed by atoms with van der Waals surface area (Å²) < 4.78 is 14.4. The van der Waals surface area contributed by atoms with E-state index in [1.165, 1.54) is 7.11 Å². The molecule has 0 atom stereocenters. The third kappa shape index (κ3) is 11.4. The third-order valence-corrected chi connectivity index (χ3v) is 4.30. The van der Waals surface area contributed by atoms with Crippen LogP contribution < -0.4 is 17.4 Å². The highest BCUT2D eigenvalue weighted by atomic mass is 35.5. The smallest absolute Gasteiger partial charge is 0.319 e. The molecular formula is C26H30ClN9O4. The van der Waals surface area contributed by atoms with Gasteiger partial charge in [0.1, 0.15) is 0 Å². The van der Waals surface area contributed by atoms with Crippen molar-refractivity contribution >= 4 is 30.3 Å². The second-order valence-electron chi connectivity index (χ2n) is 6.73. The first-order valence-electron chi connectivity index (χ1n) is 10.7. The van der Waals surface area contributed by atoms with Gasteiger partial charge in [-0.25, -0.2) is 5.90 Å². The van der Waals surface area contributed by atoms with Crippen molar-refractivity contribution in [3.63, 3.8) is 0 Å². The lowest BCUT2D eigenvalue weighted by atomic mass is 10.2. The highest BCUT2D eigenvalue weighted by Crippen LogP contribution is 2.16. The number of hydrogen-bond acceptors (Lipinski definition) is 13. The predicted molar refractivity (Wildman–Crippen MR) is 154 cm³/mol. The van der Waals surface area contributed by atoms with E-state index >= 15 is 0 Å². The molecule has 0 spiro atoms. The van der Waals surface area contributed by atoms with Crippen molar-refractivity contribution < 1.29 is 19.0 Å². The van der Waals surface area contributed by atoms with E-state index in [1.807, 2.05) is 91.0 Å². The van der Waals surface area contributed by atoms with Crippen LogP contribution in [0.15, 0.2) is 105 Å². The Morgan fingerprint density at radius 1 is 0.825 bits per heavy atom. The molecule has 0 aliphatic carbocycles. The van der Waals surface area contributed by atoms with Gasteiger partial charge in [-0.1, -0.05) is 79.3 Å². The molecule has 5 aromatic rings. The lowest BCUT2D eigenvalue weighted by molar-refractivity contribution is 0.311. The maximum atomic E-state index is 8.31. The van der Waals surface area contributed by atoms with E-state index in [2.05, 4.69) is 35.7 Å². The van der Waals surface area contributed by atoms with Gasteiger partial charge in [0.25, 0.3) is 11.8 Å². The number of rotatable bonds is 3. The Labute approximate surface area is 237 Å². The third-order valence-electron chi connectivity index (χ3n) is 4.30. The summed E-state index contributed by atoms with van der Waals surface area (Å²) in [5, 5.41) is 22.0. The monoisotopic (exact) mass is 567 g/mol. The van der Waals surface area contributed by atoms with Gasteiger partial charge >= 0.3 is 6.01 Å². The maximum Gasteiger partial charge on any atom is 0.319 e. The number of methoxy groups -OCH3 is 1. The normalized spacial score (nSPS) is 9.30. The zero-order valence-corrected chi connectivity index (χ0v) is 21.5. The van der Waals surface area contributed by atoms with Gasteiger partial charge in [-0.05, 0) is 29.4 Å². The van der Waals surface area contributed by atoms with E-state index in [0.717, 1.165) is 16.7 Å². The fraction of sp³-hybridized carbons (Fsp3) is 0.0769. The minimum absolute atomic E-state index is 0. The highest BCUT2D eigenvalue weighted by molar-refractivity contribution is 5.94. The van der Waals surface area contributed by atoms with E-state index in [4.69, 9.17) is 31.2 Å². The highest BCUT2D eigenvalue weighted by Gasteiger charge is 2.04. The van der Waals surface area contributed by atoms with Crippen molar-refractivity contribution in [2.24, 2.45) is 10.9 Å². The number of nitrogens with zero attached hydrogens (tertiary/aromatic N) is 6. The molecule has 5 rings (SSSR count). The van der Waals surface area contributed by atoms with Crippen LogP contribution in [0, 0.1) is 11.5 Å². The first-order valence-corrected chi connectivity index (χ1v) is 10.7. The van der Waals surface area contributed by atoms with Gasteiger partial charge in [0.05, 0.1) is 7.11 Å². The topological polar surface area (TPSA) is 222 Å². The number of anilines is 2. The molecule has 40 heavy (non-hydrogen) atoms. The van der Waals surface area contributed by atoms with Gasteiger partial charge in [-0.2, -0.15) is 15.2 Å². The van der Waals surface area contributed by atoms with Crippen LogP contribution in [-0.2, 0) is 4.74 Å². The van der Waals surface area contributed by atoms with E-state index in [0.29, 0.717) is 17.6 Å². The molecule has 0 saturated carbocycles. The van der Waals surface area contributed by atoms with Crippen molar-refractivity contribution in [1.29, 1.82) is 5.26 Å². The fourth-order valence-corrected chi connectivity index (χ4v) is 2.73. The molecule has 3 aromatic carbocycles. The van der Waals surface area contributed by atoms with Crippen molar-refractivity contribution in [3.8, 4) is 29.0 Å². The van der Waals surface area contributed by atoms with Gasteiger partial charge in [0.15, 0.2) is 0 Å². The zero-order chi connectivity index (χ0) is 27.6. The summed E-state index contributed by atoms with van der Waals surface area (Å²) in [6, 6.07) is 28.4. The number of nitrogen functional groups attached to an aromatic ring is 2. The summed E-state index contributed by atoms with van der Waals surface area (Å²) in [6.45, 7) is 0. The molecular weight excluding hydrogens is 538 g/mol. The first-order chi connectivity index (χ1) is 18.6. The second kappa shape index (κ2) is 19.8. The van der Waals surface area contributed by atoms with E-state index in [1.54, 1.807) is 6.19 Å². The van der Waals surface area contributed by atoms with Crippen LogP contribution in [0.25, 0.3) is 22.8 Å². The molecule has 0 radical (unpaired) electrons. The average molecular weight is 568 g/mol. The van der Waals surface area contributed by atoms with Gasteiger partial charge in [0, 0.05) is 16.7 Å². The molecule has 7 N–H and O–H groups in total. The van der Waals surface area contributed by atoms with Gasteiger partial charge in [-0.15, -0.1) is 17.4 Å². The summed E-state index contributed by atoms with van der Waals surface area (Å²) in [5.74, 6) is 4.98. The van der Waals surface area contributed by atoms with Crippen LogP contribution in [-0.4, -0.2) is 38.5 Å². The molecule has 0 bridgehead atoms. The van der Waals surface area contributed by atoms with Gasteiger partial charge in [0.2, 0.25) is 17.9 Å². The number of nitriles is 1. The first kappa shape index (κ1) is 34.7. The van der Waals surface area contributed by atoms with Crippen molar-refractivity contribution in [1.82, 2.24) is 20.3 Å². The Bertz CT molecular complexity index is 1330. The quantitative estimate of drug-likeness (QED) is 0.102. The minimum atomic E-state index is 0. The van der Waals surface area contributed by atoms with Gasteiger partial charge in [-0.3, -0.25) is 0 Å². The van der Waals surface area contributed by atoms with E-state index in [9.17, 15) is 0 Å². The summed E-state index contributed by atoms with van der Waals surface area (Å²) >= 11 is 0. The second-order valence-corrected chi connectivity index (χ2v) is 6.73. The lowest BCUT2D eigenvalue weighted by Crippen LogP contribution is -2.01. The van der Waals surface area contributed by atoms with Crippen LogP contribution in [0.4, 0.5) is 12.0 Å². The van der Waals surface area contributed by atoms with E-state index in [-0.39, 0.29) is 31.8 Å². The Kier molecular flexibility index (Phi) is 17.2. The Balaban J connectivity index is 0.000000540. The Morgan fingerprint density at radius 3 is 1.77 bits per heavy atom. The van der Waals surface area contributed by atoms with Crippen LogP contribution in [0.3, 0.4) is 0 Å². The number of ether oxygens (including phenoxy) is 1. The number of aliphatic imine (C=N–C) groups is 1. The molecule has 0 saturated heterocycles. The molecule has 2 aromatic heterocycles. The minimum Gasteiger partial charge on any atom is -0.480 e. The van der Waals surface area contributed by atoms with Crippen LogP contribution in [0.1, 0.15) is 13.0 Å². The van der Waals surface area contributed by atoms with Crippen LogP contribution >= 0.6 is 12.4 Å². The molecule has 2 heterocycles. The van der Waals surface area contributed by atoms with Gasteiger partial charge < -0.3 is 30.5 Å². The van der Waals surface area contributed by atoms with Crippen LogP contribution in [0.2, 0.25) is 0 Å². The summed E-state index contributed by atoms with van der Waals surface area (Å²) in [5.41, 5.74) is 13.2. The van der Waals surface area contributed by atoms with Crippen molar-refractivity contribution in [2.45, 2.75) is 7.43 Å². The maximum absolute atomic E-state index is 8.31. The summed E-state index contributed by atoms with van der Waals surface area (Å²) in [6.07, 6.45) is 1.68. The van der Waals surface area contributed by atoms with Crippen LogP contribution in [0.5, 0.6) is 0 Å². The molecule has 0 unspecified atom stereocenters. The molecule has 210 valence electrons. The predicted octanol–water partition coefficient (Wildman–Crippen LogP) is 4.59. The summed E-state index contributed by atoms with van der Waals surface area (Å²) in [7, 11) is 1.49. The molecule has 14 heteroatoms. The molecule has 13 nitrogen and oxygen atoms in total. The SMILES string of the molecule is C.COC(=NC#N)c1ccccc1.Cl.NO.Nc1nc(-c2ccccc2)no1.Nc1noc(-c2ccccc2)n1. The molecule has 0 amide bonds. The number of benzene rings is 3. The molecule has 0 aliphatic heterocycles. The average Bonchev–Trinajstić information content (AvgIpc) is 3.63. The number of halogens is 1. The fourth-order valence-electron chi connectivity index (χ4n) is 2.73. The number of nitrogens with two attached hydrogens (primary N) is 3. The standard InChI is InChI=1S/C9H8N2O.2C8H7N3O.CH4.ClH.H3NO/c1-12-9(11-7-10)8-5-3-2-4-6-8;9-8-10-7(12-11-8)6-4-2-1-3-5-6;9-8-10-7(11-12-8)6-4-2-1-3-5-6;;;1-2/h2-6H,1H3;1-5H,(H2,9,11);1-5H,(H2,9,10,11);1H4;1H;2H,1H2. The molecule has 0 aliphatic rings. The molecule has 0 fully saturated rings. The number of aromatic nitrogens is 4. The van der Waals surface area contributed by atoms with Crippen molar-refractivity contribution in [2.75, 3.05) is 18.6 Å². The lowest BCUT2D eigenvalue weighted by Gasteiger charge is -2.00. The Morgan fingerprint density at radius 2 is 1.35 bits per heavy atom. The largest absolute Gasteiger partial charge is 0.480 e. The van der Waals surface area contributed by atoms with Crippen molar-refractivity contribution in [3.05, 3.63) is 96.6 Å². The Hall–Kier alpha value is -5.29. The van der Waals surface area contributed by atoms with E-state index < -0.39 is 0 Å². The zero-order valence-electron chi connectivity index (χ0n) is 20.7.